The van der Waals surface area contributed by atoms with Gasteiger partial charge in [0.05, 0.1) is 0 Å². The first-order chi connectivity index (χ1) is 6.65. The molecule has 3 unspecified atom stereocenters. The maximum Gasteiger partial charge on any atom is 0.0194 e. The highest BCUT2D eigenvalue weighted by Gasteiger charge is 2.41. The summed E-state index contributed by atoms with van der Waals surface area (Å²) in [4.78, 5) is 2.68. The lowest BCUT2D eigenvalue weighted by molar-refractivity contribution is 0.226. The van der Waals surface area contributed by atoms with Crippen LogP contribution in [0.25, 0.3) is 0 Å². The molecule has 0 spiro atoms. The molecule has 0 aliphatic carbocycles. The lowest BCUT2D eigenvalue weighted by Crippen LogP contribution is -2.37. The minimum absolute atomic E-state index is 0.368. The fourth-order valence-electron chi connectivity index (χ4n) is 2.61. The van der Waals surface area contributed by atoms with Crippen LogP contribution < -0.4 is 5.73 Å². The van der Waals surface area contributed by atoms with Gasteiger partial charge in [-0.1, -0.05) is 13.8 Å². The van der Waals surface area contributed by atoms with Crippen molar-refractivity contribution >= 4 is 11.8 Å². The molecule has 0 aromatic carbocycles. The molecule has 0 aromatic rings. The second kappa shape index (κ2) is 4.03. The molecule has 2 fully saturated rings. The van der Waals surface area contributed by atoms with Gasteiger partial charge in [-0.15, -0.1) is 0 Å². The van der Waals surface area contributed by atoms with E-state index in [0.29, 0.717) is 5.41 Å². The van der Waals surface area contributed by atoms with E-state index in [2.05, 4.69) is 30.5 Å². The van der Waals surface area contributed by atoms with E-state index in [-0.39, 0.29) is 0 Å². The minimum atomic E-state index is 0.368. The molecule has 14 heavy (non-hydrogen) atoms. The fourth-order valence-corrected chi connectivity index (χ4v) is 3.87. The highest BCUT2D eigenvalue weighted by molar-refractivity contribution is 7.99. The lowest BCUT2D eigenvalue weighted by atomic mass is 9.81. The predicted molar refractivity (Wildman–Crippen MR) is 63.6 cm³/mol. The van der Waals surface area contributed by atoms with Gasteiger partial charge in [-0.3, -0.25) is 4.90 Å². The monoisotopic (exact) mass is 214 g/mol. The van der Waals surface area contributed by atoms with Crippen LogP contribution in [0.15, 0.2) is 0 Å². The predicted octanol–water partition coefficient (Wildman–Crippen LogP) is 1.41. The molecular formula is C11H22N2S. The molecule has 0 aromatic heterocycles. The van der Waals surface area contributed by atoms with Crippen molar-refractivity contribution in [1.29, 1.82) is 0 Å². The number of nitrogens with zero attached hydrogens (tertiary/aromatic N) is 1. The van der Waals surface area contributed by atoms with Gasteiger partial charge in [0.2, 0.25) is 0 Å². The molecule has 0 saturated carbocycles. The van der Waals surface area contributed by atoms with Gasteiger partial charge in [-0.25, -0.2) is 0 Å². The second-order valence-corrected chi connectivity index (χ2v) is 6.36. The Morgan fingerprint density at radius 2 is 2.36 bits per heavy atom. The Hall–Kier alpha value is 0.270. The second-order valence-electron chi connectivity index (χ2n) is 5.21. The Balaban J connectivity index is 1.98. The first kappa shape index (κ1) is 10.8. The molecule has 0 radical (unpaired) electrons. The third-order valence-corrected chi connectivity index (χ3v) is 5.30. The Morgan fingerprint density at radius 3 is 2.86 bits per heavy atom. The maximum absolute atomic E-state index is 5.89. The molecule has 0 amide bonds. The van der Waals surface area contributed by atoms with Gasteiger partial charge in [0.25, 0.3) is 0 Å². The van der Waals surface area contributed by atoms with E-state index in [0.717, 1.165) is 18.5 Å². The van der Waals surface area contributed by atoms with Crippen LogP contribution in [-0.4, -0.2) is 42.1 Å². The van der Waals surface area contributed by atoms with Crippen LogP contribution in [0, 0.1) is 11.3 Å². The Morgan fingerprint density at radius 1 is 1.57 bits per heavy atom. The zero-order valence-corrected chi connectivity index (χ0v) is 10.1. The van der Waals surface area contributed by atoms with E-state index >= 15 is 0 Å². The molecule has 2 nitrogen and oxygen atoms in total. The van der Waals surface area contributed by atoms with Crippen molar-refractivity contribution in [3.63, 3.8) is 0 Å². The van der Waals surface area contributed by atoms with Crippen LogP contribution in [0.5, 0.6) is 0 Å². The van der Waals surface area contributed by atoms with Gasteiger partial charge >= 0.3 is 0 Å². The SMILES string of the molecule is CC1CN(C2CCSC2)CC1(C)CN. The third kappa shape index (κ3) is 1.82. The highest BCUT2D eigenvalue weighted by Crippen LogP contribution is 2.37. The molecule has 3 atom stereocenters. The molecule has 0 bridgehead atoms. The standard InChI is InChI=1S/C11H22N2S/c1-9-5-13(8-11(9,2)7-12)10-3-4-14-6-10/h9-10H,3-8,12H2,1-2H3. The molecule has 2 aliphatic heterocycles. The molecule has 2 aliphatic rings. The topological polar surface area (TPSA) is 29.3 Å². The van der Waals surface area contributed by atoms with Crippen LogP contribution in [0.4, 0.5) is 0 Å². The van der Waals surface area contributed by atoms with Crippen LogP contribution in [0.2, 0.25) is 0 Å². The van der Waals surface area contributed by atoms with Gasteiger partial charge in [0.1, 0.15) is 0 Å². The summed E-state index contributed by atoms with van der Waals surface area (Å²) in [7, 11) is 0. The van der Waals surface area contributed by atoms with E-state index in [1.165, 1.54) is 31.0 Å². The number of nitrogens with two attached hydrogens (primary N) is 1. The minimum Gasteiger partial charge on any atom is -0.330 e. The van der Waals surface area contributed by atoms with Gasteiger partial charge in [0, 0.05) is 24.9 Å². The normalized spacial score (nSPS) is 44.8. The van der Waals surface area contributed by atoms with Crippen LogP contribution in [-0.2, 0) is 0 Å². The van der Waals surface area contributed by atoms with Gasteiger partial charge in [-0.05, 0) is 30.1 Å². The fraction of sp³-hybridized carbons (Fsp3) is 1.00. The Kier molecular flexibility index (Phi) is 3.10. The smallest absolute Gasteiger partial charge is 0.0194 e. The summed E-state index contributed by atoms with van der Waals surface area (Å²) in [5.41, 5.74) is 6.26. The van der Waals surface area contributed by atoms with Crippen LogP contribution in [0.3, 0.4) is 0 Å². The summed E-state index contributed by atoms with van der Waals surface area (Å²) >= 11 is 2.11. The molecule has 82 valence electrons. The lowest BCUT2D eigenvalue weighted by Gasteiger charge is -2.27. The van der Waals surface area contributed by atoms with Crippen LogP contribution in [0.1, 0.15) is 20.3 Å². The average Bonchev–Trinajstić information content (AvgIpc) is 2.76. The van der Waals surface area contributed by atoms with Crippen molar-refractivity contribution in [3.05, 3.63) is 0 Å². The van der Waals surface area contributed by atoms with Gasteiger partial charge in [-0.2, -0.15) is 11.8 Å². The summed E-state index contributed by atoms with van der Waals surface area (Å²) in [5.74, 6) is 3.46. The first-order valence-corrected chi connectivity index (χ1v) is 6.83. The summed E-state index contributed by atoms with van der Waals surface area (Å²) in [6, 6.07) is 0.843. The van der Waals surface area contributed by atoms with E-state index < -0.39 is 0 Å². The van der Waals surface area contributed by atoms with Gasteiger partial charge in [0.15, 0.2) is 0 Å². The van der Waals surface area contributed by atoms with E-state index in [9.17, 15) is 0 Å². The van der Waals surface area contributed by atoms with Crippen molar-refractivity contribution in [2.75, 3.05) is 31.1 Å². The van der Waals surface area contributed by atoms with E-state index in [1.807, 2.05) is 0 Å². The number of likely N-dealkylation sites (tertiary alicyclic amines) is 1. The van der Waals surface area contributed by atoms with Gasteiger partial charge < -0.3 is 5.73 Å². The van der Waals surface area contributed by atoms with Crippen molar-refractivity contribution in [1.82, 2.24) is 4.90 Å². The van der Waals surface area contributed by atoms with Crippen molar-refractivity contribution in [2.45, 2.75) is 26.3 Å². The zero-order valence-electron chi connectivity index (χ0n) is 9.33. The number of rotatable bonds is 2. The largest absolute Gasteiger partial charge is 0.330 e. The summed E-state index contributed by atoms with van der Waals surface area (Å²) in [5, 5.41) is 0. The quantitative estimate of drug-likeness (QED) is 0.753. The molecule has 2 N–H and O–H groups in total. The summed E-state index contributed by atoms with van der Waals surface area (Å²) in [6.45, 7) is 8.02. The maximum atomic E-state index is 5.89. The molecule has 2 heterocycles. The molecule has 3 heteroatoms. The number of hydrogen-bond donors (Lipinski definition) is 1. The van der Waals surface area contributed by atoms with E-state index in [1.54, 1.807) is 0 Å². The number of hydrogen-bond acceptors (Lipinski definition) is 3. The Bertz CT molecular complexity index is 203. The Labute approximate surface area is 91.6 Å². The van der Waals surface area contributed by atoms with Crippen molar-refractivity contribution in [2.24, 2.45) is 17.1 Å². The number of thioether (sulfide) groups is 1. The zero-order chi connectivity index (χ0) is 10.2. The highest BCUT2D eigenvalue weighted by atomic mass is 32.2. The van der Waals surface area contributed by atoms with E-state index in [4.69, 9.17) is 5.73 Å². The summed E-state index contributed by atoms with van der Waals surface area (Å²) in [6.07, 6.45) is 1.39. The average molecular weight is 214 g/mol. The first-order valence-electron chi connectivity index (χ1n) is 5.67. The van der Waals surface area contributed by atoms with Crippen molar-refractivity contribution < 1.29 is 0 Å². The van der Waals surface area contributed by atoms with Crippen molar-refractivity contribution in [3.8, 4) is 0 Å². The summed E-state index contributed by atoms with van der Waals surface area (Å²) < 4.78 is 0. The molecular weight excluding hydrogens is 192 g/mol. The van der Waals surface area contributed by atoms with Crippen LogP contribution >= 0.6 is 11.8 Å². The molecule has 2 saturated heterocycles. The third-order valence-electron chi connectivity index (χ3n) is 4.15. The molecule has 2 rings (SSSR count).